The van der Waals surface area contributed by atoms with Crippen LogP contribution in [0, 0.1) is 13.7 Å². The van der Waals surface area contributed by atoms with Gasteiger partial charge in [-0.1, -0.05) is 0 Å². The van der Waals surface area contributed by atoms with Gasteiger partial charge in [0.2, 0.25) is 0 Å². The molecule has 0 bridgehead atoms. The lowest BCUT2D eigenvalue weighted by molar-refractivity contribution is -0.387. The number of alkyl halides is 2. The number of nitrogens with zero attached hydrogens (tertiary/aromatic N) is 2. The van der Waals surface area contributed by atoms with E-state index in [0.717, 1.165) is 6.20 Å². The Bertz CT molecular complexity index is 466. The summed E-state index contributed by atoms with van der Waals surface area (Å²) in [7, 11) is 0. The second-order valence-corrected chi connectivity index (χ2v) is 3.74. The number of carboxylic acids is 1. The largest absolute Gasteiger partial charge is 0.476 e. The van der Waals surface area contributed by atoms with Gasteiger partial charge >= 0.3 is 5.97 Å². The number of carbonyl (C=O) groups is 1. The fraction of sp³-hybridized carbons (Fsp3) is 0.143. The minimum Gasteiger partial charge on any atom is -0.476 e. The molecule has 1 aromatic rings. The molecule has 1 aromatic heterocycles. The highest BCUT2D eigenvalue weighted by Gasteiger charge is 2.32. The van der Waals surface area contributed by atoms with Crippen molar-refractivity contribution >= 4 is 34.2 Å². The monoisotopic (exact) mass is 344 g/mol. The minimum atomic E-state index is -3.27. The van der Waals surface area contributed by atoms with Crippen molar-refractivity contribution in [2.45, 2.75) is 6.43 Å². The Balaban J connectivity index is 3.63. The lowest BCUT2D eigenvalue weighted by Crippen LogP contribution is -2.10. The molecule has 0 aromatic carbocycles. The summed E-state index contributed by atoms with van der Waals surface area (Å²) in [6.07, 6.45) is -2.40. The van der Waals surface area contributed by atoms with E-state index in [9.17, 15) is 23.7 Å². The summed E-state index contributed by atoms with van der Waals surface area (Å²) in [4.78, 5) is 23.4. The average molecular weight is 344 g/mol. The van der Waals surface area contributed by atoms with E-state index in [4.69, 9.17) is 5.11 Å². The number of carboxylic acid groups (broad SMARTS) is 1. The van der Waals surface area contributed by atoms with E-state index in [2.05, 4.69) is 4.98 Å². The van der Waals surface area contributed by atoms with Crippen LogP contribution in [0.1, 0.15) is 22.5 Å². The second kappa shape index (κ2) is 4.63. The molecule has 0 aliphatic rings. The number of hydrogen-bond donors (Lipinski definition) is 1. The van der Waals surface area contributed by atoms with Gasteiger partial charge in [0.05, 0.1) is 4.92 Å². The van der Waals surface area contributed by atoms with Crippen molar-refractivity contribution in [3.63, 3.8) is 0 Å². The SMILES string of the molecule is O=C(O)c1ncc(I)c([N+](=O)[O-])c1C(F)F. The highest BCUT2D eigenvalue weighted by molar-refractivity contribution is 14.1. The van der Waals surface area contributed by atoms with Crippen LogP contribution in [0.4, 0.5) is 14.5 Å². The van der Waals surface area contributed by atoms with Crippen LogP contribution in [0.3, 0.4) is 0 Å². The number of hydrogen-bond acceptors (Lipinski definition) is 4. The molecule has 0 fully saturated rings. The van der Waals surface area contributed by atoms with Crippen molar-refractivity contribution in [3.05, 3.63) is 31.1 Å². The summed E-state index contributed by atoms with van der Waals surface area (Å²) >= 11 is 1.44. The van der Waals surface area contributed by atoms with Crippen LogP contribution < -0.4 is 0 Å². The van der Waals surface area contributed by atoms with Gasteiger partial charge in [0.15, 0.2) is 5.69 Å². The molecule has 0 saturated carbocycles. The van der Waals surface area contributed by atoms with E-state index in [1.807, 2.05) is 0 Å². The van der Waals surface area contributed by atoms with Gasteiger partial charge in [-0.3, -0.25) is 10.1 Å². The Morgan fingerprint density at radius 2 is 2.19 bits per heavy atom. The highest BCUT2D eigenvalue weighted by atomic mass is 127. The van der Waals surface area contributed by atoms with Gasteiger partial charge < -0.3 is 5.11 Å². The predicted molar refractivity (Wildman–Crippen MR) is 55.5 cm³/mol. The van der Waals surface area contributed by atoms with Crippen LogP contribution in [-0.2, 0) is 0 Å². The van der Waals surface area contributed by atoms with Crippen LogP contribution in [0.2, 0.25) is 0 Å². The van der Waals surface area contributed by atoms with Gasteiger partial charge in [-0.25, -0.2) is 18.6 Å². The van der Waals surface area contributed by atoms with E-state index < -0.39 is 34.3 Å². The first kappa shape index (κ1) is 12.7. The molecule has 9 heteroatoms. The summed E-state index contributed by atoms with van der Waals surface area (Å²) in [6, 6.07) is 0. The molecule has 0 spiro atoms. The quantitative estimate of drug-likeness (QED) is 0.516. The smallest absolute Gasteiger partial charge is 0.355 e. The first-order valence-electron chi connectivity index (χ1n) is 3.70. The molecule has 1 rings (SSSR count). The summed E-state index contributed by atoms with van der Waals surface area (Å²) in [5.74, 6) is -1.73. The van der Waals surface area contributed by atoms with Gasteiger partial charge in [0.1, 0.15) is 9.13 Å². The molecule has 0 unspecified atom stereocenters. The van der Waals surface area contributed by atoms with E-state index in [-0.39, 0.29) is 3.57 Å². The third kappa shape index (κ3) is 2.23. The molecule has 6 nitrogen and oxygen atoms in total. The zero-order valence-corrected chi connectivity index (χ0v) is 9.51. The fourth-order valence-corrected chi connectivity index (χ4v) is 1.68. The van der Waals surface area contributed by atoms with Gasteiger partial charge in [-0.05, 0) is 22.6 Å². The first-order chi connectivity index (χ1) is 7.36. The number of nitro groups is 1. The average Bonchev–Trinajstić information content (AvgIpc) is 2.15. The molecule has 0 aliphatic heterocycles. The number of rotatable bonds is 3. The van der Waals surface area contributed by atoms with Gasteiger partial charge in [-0.15, -0.1) is 0 Å². The molecule has 0 saturated heterocycles. The number of halogens is 3. The topological polar surface area (TPSA) is 93.3 Å². The molecule has 0 atom stereocenters. The maximum absolute atomic E-state index is 12.6. The van der Waals surface area contributed by atoms with Crippen molar-refractivity contribution in [1.82, 2.24) is 4.98 Å². The lowest BCUT2D eigenvalue weighted by Gasteiger charge is -2.06. The van der Waals surface area contributed by atoms with Crippen molar-refractivity contribution in [1.29, 1.82) is 0 Å². The Hall–Kier alpha value is -1.39. The standard InChI is InChI=1S/C7H3F2IN2O4/c8-6(9)3-4(7(13)14)11-1-2(10)5(3)12(15)16/h1,6H,(H,13,14). The zero-order valence-electron chi connectivity index (χ0n) is 7.35. The van der Waals surface area contributed by atoms with Crippen LogP contribution >= 0.6 is 22.6 Å². The number of aromatic carboxylic acids is 1. The predicted octanol–water partition coefficient (Wildman–Crippen LogP) is 2.23. The van der Waals surface area contributed by atoms with E-state index in [1.165, 1.54) is 22.6 Å². The van der Waals surface area contributed by atoms with Crippen molar-refractivity contribution in [2.75, 3.05) is 0 Å². The summed E-state index contributed by atoms with van der Waals surface area (Å²) in [5.41, 5.74) is -3.07. The van der Waals surface area contributed by atoms with E-state index in [0.29, 0.717) is 0 Å². The first-order valence-corrected chi connectivity index (χ1v) is 4.78. The van der Waals surface area contributed by atoms with Gasteiger partial charge in [-0.2, -0.15) is 0 Å². The zero-order chi connectivity index (χ0) is 12.5. The molecule has 86 valence electrons. The minimum absolute atomic E-state index is 0.136. The molecule has 1 N–H and O–H groups in total. The Morgan fingerprint density at radius 1 is 1.62 bits per heavy atom. The van der Waals surface area contributed by atoms with Crippen molar-refractivity contribution in [3.8, 4) is 0 Å². The van der Waals surface area contributed by atoms with Crippen LogP contribution in [0.15, 0.2) is 6.20 Å². The van der Waals surface area contributed by atoms with E-state index >= 15 is 0 Å². The van der Waals surface area contributed by atoms with Gasteiger partial charge in [0, 0.05) is 6.20 Å². The Labute approximate surface area is 101 Å². The number of pyridine rings is 1. The van der Waals surface area contributed by atoms with Crippen LogP contribution in [0.5, 0.6) is 0 Å². The molecule has 1 heterocycles. The molecular weight excluding hydrogens is 341 g/mol. The Kier molecular flexibility index (Phi) is 3.67. The number of aromatic nitrogens is 1. The summed E-state index contributed by atoms with van der Waals surface area (Å²) < 4.78 is 25.0. The molecular formula is C7H3F2IN2O4. The maximum atomic E-state index is 12.6. The molecule has 0 amide bonds. The normalized spacial score (nSPS) is 10.5. The van der Waals surface area contributed by atoms with Crippen LogP contribution in [0.25, 0.3) is 0 Å². The van der Waals surface area contributed by atoms with Gasteiger partial charge in [0.25, 0.3) is 12.1 Å². The third-order valence-corrected chi connectivity index (χ3v) is 2.44. The van der Waals surface area contributed by atoms with Crippen molar-refractivity contribution in [2.24, 2.45) is 0 Å². The highest BCUT2D eigenvalue weighted by Crippen LogP contribution is 2.34. The maximum Gasteiger partial charge on any atom is 0.355 e. The molecule has 16 heavy (non-hydrogen) atoms. The Morgan fingerprint density at radius 3 is 2.56 bits per heavy atom. The van der Waals surface area contributed by atoms with Crippen LogP contribution in [-0.4, -0.2) is 21.0 Å². The third-order valence-electron chi connectivity index (χ3n) is 1.65. The molecule has 0 aliphatic carbocycles. The molecule has 0 radical (unpaired) electrons. The second-order valence-electron chi connectivity index (χ2n) is 2.58. The van der Waals surface area contributed by atoms with Crippen molar-refractivity contribution < 1.29 is 23.6 Å². The lowest BCUT2D eigenvalue weighted by atomic mass is 10.1. The summed E-state index contributed by atoms with van der Waals surface area (Å²) in [5, 5.41) is 19.2. The fourth-order valence-electron chi connectivity index (χ4n) is 1.06. The van der Waals surface area contributed by atoms with E-state index in [1.54, 1.807) is 0 Å². The summed E-state index contributed by atoms with van der Waals surface area (Å²) in [6.45, 7) is 0.